The third-order valence-electron chi connectivity index (χ3n) is 4.69. The molecule has 2 atom stereocenters. The number of carbonyl (C=O) groups is 2. The van der Waals surface area contributed by atoms with Gasteiger partial charge < -0.3 is 15.2 Å². The van der Waals surface area contributed by atoms with Crippen molar-refractivity contribution in [3.05, 3.63) is 99.0 Å². The van der Waals surface area contributed by atoms with E-state index in [4.69, 9.17) is 39.5 Å². The van der Waals surface area contributed by atoms with Crippen LogP contribution >= 0.6 is 34.8 Å². The molecule has 0 aliphatic rings. The Morgan fingerprint density at radius 1 is 0.906 bits per heavy atom. The average Bonchev–Trinajstić information content (AvgIpc) is 2.77. The number of amides is 1. The molecule has 0 bridgehead atoms. The fourth-order valence-corrected chi connectivity index (χ4v) is 3.52. The molecule has 0 saturated heterocycles. The first-order valence-corrected chi connectivity index (χ1v) is 10.9. The van der Waals surface area contributed by atoms with Crippen LogP contribution in [0.5, 0.6) is 5.75 Å². The van der Waals surface area contributed by atoms with Gasteiger partial charge in [0.25, 0.3) is 0 Å². The molecule has 0 aromatic heterocycles. The van der Waals surface area contributed by atoms with Crippen molar-refractivity contribution in [2.24, 2.45) is 0 Å². The lowest BCUT2D eigenvalue weighted by molar-refractivity contribution is -0.142. The van der Waals surface area contributed by atoms with Gasteiger partial charge in [0.15, 0.2) is 0 Å². The highest BCUT2D eigenvalue weighted by Crippen LogP contribution is 2.30. The highest BCUT2D eigenvalue weighted by Gasteiger charge is 2.24. The summed E-state index contributed by atoms with van der Waals surface area (Å²) in [5.74, 6) is -1.09. The van der Waals surface area contributed by atoms with E-state index in [1.165, 1.54) is 0 Å². The standard InChI is InChI=1S/C24H20Cl3NO4/c25-17-7-9-18(10-8-17)32-22(16-6-11-19(26)20(27)13-16)14-23(29)28-21(24(30)31)12-15-4-2-1-3-5-15/h1-11,13,21-22H,12,14H2,(H,28,29)(H,30,31)/t21-,22?/m0/s1. The van der Waals surface area contributed by atoms with Gasteiger partial charge in [-0.25, -0.2) is 4.79 Å². The molecular weight excluding hydrogens is 473 g/mol. The molecule has 8 heteroatoms. The summed E-state index contributed by atoms with van der Waals surface area (Å²) >= 11 is 18.1. The SMILES string of the molecule is O=C(CC(Oc1ccc(Cl)cc1)c1ccc(Cl)c(Cl)c1)N[C@@H](Cc1ccccc1)C(=O)O. The molecule has 32 heavy (non-hydrogen) atoms. The number of carboxylic acids is 1. The molecule has 3 aromatic rings. The third-order valence-corrected chi connectivity index (χ3v) is 5.69. The van der Waals surface area contributed by atoms with Crippen LogP contribution in [0, 0.1) is 0 Å². The van der Waals surface area contributed by atoms with Crippen LogP contribution in [0.1, 0.15) is 23.7 Å². The molecule has 166 valence electrons. The number of nitrogens with one attached hydrogen (secondary N) is 1. The maximum Gasteiger partial charge on any atom is 0.326 e. The second kappa shape index (κ2) is 11.2. The van der Waals surface area contributed by atoms with Gasteiger partial charge in [0.2, 0.25) is 5.91 Å². The van der Waals surface area contributed by atoms with Crippen molar-refractivity contribution in [2.45, 2.75) is 25.0 Å². The number of hydrogen-bond donors (Lipinski definition) is 2. The van der Waals surface area contributed by atoms with Crippen molar-refractivity contribution in [1.82, 2.24) is 5.32 Å². The molecule has 1 amide bonds. The first kappa shape index (κ1) is 23.9. The van der Waals surface area contributed by atoms with Crippen LogP contribution in [0.25, 0.3) is 0 Å². The highest BCUT2D eigenvalue weighted by molar-refractivity contribution is 6.42. The lowest BCUT2D eigenvalue weighted by Crippen LogP contribution is -2.43. The van der Waals surface area contributed by atoms with E-state index in [-0.39, 0.29) is 12.8 Å². The monoisotopic (exact) mass is 491 g/mol. The molecule has 0 aliphatic heterocycles. The molecule has 3 rings (SSSR count). The highest BCUT2D eigenvalue weighted by atomic mass is 35.5. The Hall–Kier alpha value is -2.73. The van der Waals surface area contributed by atoms with Gasteiger partial charge in [-0.2, -0.15) is 0 Å². The fourth-order valence-electron chi connectivity index (χ4n) is 3.09. The van der Waals surface area contributed by atoms with E-state index >= 15 is 0 Å². The molecule has 5 nitrogen and oxygen atoms in total. The van der Waals surface area contributed by atoms with Crippen LogP contribution in [0.4, 0.5) is 0 Å². The molecule has 2 N–H and O–H groups in total. The minimum atomic E-state index is -1.12. The van der Waals surface area contributed by atoms with E-state index in [1.807, 2.05) is 30.3 Å². The maximum absolute atomic E-state index is 12.8. The predicted molar refractivity (Wildman–Crippen MR) is 126 cm³/mol. The second-order valence-corrected chi connectivity index (χ2v) is 8.34. The summed E-state index contributed by atoms with van der Waals surface area (Å²) in [6.45, 7) is 0. The molecule has 0 fully saturated rings. The van der Waals surface area contributed by atoms with Gasteiger partial charge in [-0.3, -0.25) is 4.79 Å². The number of ether oxygens (including phenoxy) is 1. The quantitative estimate of drug-likeness (QED) is 0.386. The summed E-state index contributed by atoms with van der Waals surface area (Å²) in [6.07, 6.45) is -0.687. The Balaban J connectivity index is 1.77. The molecule has 0 heterocycles. The minimum Gasteiger partial charge on any atom is -0.485 e. The summed E-state index contributed by atoms with van der Waals surface area (Å²) in [7, 11) is 0. The summed E-state index contributed by atoms with van der Waals surface area (Å²) in [4.78, 5) is 24.5. The number of carboxylic acid groups (broad SMARTS) is 1. The Morgan fingerprint density at radius 3 is 2.22 bits per heavy atom. The number of halogens is 3. The summed E-state index contributed by atoms with van der Waals surface area (Å²) in [6, 6.07) is 19.7. The summed E-state index contributed by atoms with van der Waals surface area (Å²) in [5, 5.41) is 13.4. The maximum atomic E-state index is 12.8. The van der Waals surface area contributed by atoms with Gasteiger partial charge in [-0.1, -0.05) is 71.2 Å². The molecular formula is C24H20Cl3NO4. The van der Waals surface area contributed by atoms with Crippen LogP contribution < -0.4 is 10.1 Å². The molecule has 0 spiro atoms. The number of aliphatic carboxylic acids is 1. The van der Waals surface area contributed by atoms with E-state index < -0.39 is 24.0 Å². The van der Waals surface area contributed by atoms with Crippen LogP contribution in [0.3, 0.4) is 0 Å². The van der Waals surface area contributed by atoms with Gasteiger partial charge in [0.05, 0.1) is 16.5 Å². The average molecular weight is 493 g/mol. The van der Waals surface area contributed by atoms with Gasteiger partial charge in [-0.15, -0.1) is 0 Å². The lowest BCUT2D eigenvalue weighted by atomic mass is 10.0. The Kier molecular flexibility index (Phi) is 8.39. The first-order valence-electron chi connectivity index (χ1n) is 9.75. The normalized spacial score (nSPS) is 12.6. The summed E-state index contributed by atoms with van der Waals surface area (Å²) < 4.78 is 6.01. The van der Waals surface area contributed by atoms with Crippen molar-refractivity contribution in [3.8, 4) is 5.75 Å². The zero-order valence-corrected chi connectivity index (χ0v) is 19.1. The molecule has 0 radical (unpaired) electrons. The third kappa shape index (κ3) is 6.89. The number of benzene rings is 3. The topological polar surface area (TPSA) is 75.6 Å². The molecule has 0 saturated carbocycles. The molecule has 3 aromatic carbocycles. The van der Waals surface area contributed by atoms with E-state index in [1.54, 1.807) is 42.5 Å². The zero-order chi connectivity index (χ0) is 23.1. The van der Waals surface area contributed by atoms with E-state index in [0.717, 1.165) is 5.56 Å². The van der Waals surface area contributed by atoms with Crippen LogP contribution in [-0.4, -0.2) is 23.0 Å². The van der Waals surface area contributed by atoms with Crippen LogP contribution in [0.2, 0.25) is 15.1 Å². The van der Waals surface area contributed by atoms with E-state index in [2.05, 4.69) is 5.32 Å². The van der Waals surface area contributed by atoms with Gasteiger partial charge in [-0.05, 0) is 47.5 Å². The van der Waals surface area contributed by atoms with Crippen molar-refractivity contribution in [3.63, 3.8) is 0 Å². The van der Waals surface area contributed by atoms with E-state index in [0.29, 0.717) is 26.4 Å². The van der Waals surface area contributed by atoms with Gasteiger partial charge in [0.1, 0.15) is 17.9 Å². The van der Waals surface area contributed by atoms with Crippen molar-refractivity contribution in [1.29, 1.82) is 0 Å². The van der Waals surface area contributed by atoms with Crippen LogP contribution in [-0.2, 0) is 16.0 Å². The van der Waals surface area contributed by atoms with Crippen molar-refractivity contribution in [2.75, 3.05) is 0 Å². The van der Waals surface area contributed by atoms with Crippen molar-refractivity contribution >= 4 is 46.7 Å². The van der Waals surface area contributed by atoms with Gasteiger partial charge in [0, 0.05) is 11.4 Å². The first-order chi connectivity index (χ1) is 15.3. The number of rotatable bonds is 9. The summed E-state index contributed by atoms with van der Waals surface area (Å²) in [5.41, 5.74) is 1.43. The molecule has 1 unspecified atom stereocenters. The Morgan fingerprint density at radius 2 is 1.59 bits per heavy atom. The largest absolute Gasteiger partial charge is 0.485 e. The minimum absolute atomic E-state index is 0.126. The number of carbonyl (C=O) groups excluding carboxylic acids is 1. The second-order valence-electron chi connectivity index (χ2n) is 7.09. The van der Waals surface area contributed by atoms with E-state index in [9.17, 15) is 14.7 Å². The predicted octanol–water partition coefficient (Wildman–Crippen LogP) is 5.97. The van der Waals surface area contributed by atoms with Gasteiger partial charge >= 0.3 is 5.97 Å². The Bertz CT molecular complexity index is 1070. The van der Waals surface area contributed by atoms with Crippen LogP contribution in [0.15, 0.2) is 72.8 Å². The number of hydrogen-bond acceptors (Lipinski definition) is 3. The zero-order valence-electron chi connectivity index (χ0n) is 16.8. The fraction of sp³-hybridized carbons (Fsp3) is 0.167. The van der Waals surface area contributed by atoms with Crippen molar-refractivity contribution < 1.29 is 19.4 Å². The Labute approximate surface area is 200 Å². The molecule has 0 aliphatic carbocycles. The smallest absolute Gasteiger partial charge is 0.326 e. The lowest BCUT2D eigenvalue weighted by Gasteiger charge is -2.21.